The Balaban J connectivity index is 0.904. The number of aliphatic hydroxyl groups excluding tert-OH is 4. The van der Waals surface area contributed by atoms with Crippen molar-refractivity contribution in [2.75, 3.05) is 13.7 Å². The molecular weight excluding hydrogens is 755 g/mol. The van der Waals surface area contributed by atoms with E-state index in [0.717, 1.165) is 83.5 Å². The number of unbranched alkanes of at least 4 members (excludes halogenated alkanes) is 3. The Kier molecular flexibility index (Phi) is 12.4. The lowest BCUT2D eigenvalue weighted by Gasteiger charge is -2.71. The van der Waals surface area contributed by atoms with Crippen molar-refractivity contribution in [1.82, 2.24) is 15.0 Å². The van der Waals surface area contributed by atoms with Gasteiger partial charge in [-0.15, -0.1) is 5.10 Å². The highest BCUT2D eigenvalue weighted by Crippen LogP contribution is 2.75. The van der Waals surface area contributed by atoms with Gasteiger partial charge in [0.1, 0.15) is 30.6 Å². The van der Waals surface area contributed by atoms with Crippen LogP contribution in [0, 0.1) is 50.2 Å². The van der Waals surface area contributed by atoms with Gasteiger partial charge in [-0.2, -0.15) is 0 Å². The van der Waals surface area contributed by atoms with E-state index in [1.807, 2.05) is 0 Å². The van der Waals surface area contributed by atoms with Crippen LogP contribution in [0.4, 0.5) is 0 Å². The summed E-state index contributed by atoms with van der Waals surface area (Å²) < 4.78 is 23.4. The largest absolute Gasteiger partial charge is 0.465 e. The standard InChI is InChI=1S/C46H73N3O10/c1-41(2)19-21-46(22-20-44(6)29(30(46)25-41)13-14-32-43(5)17-16-33(50)42(3,4)31(43)15-18-45(32,44)7)40(55)57-24-12-10-9-11-23-49-26-28(47-48-49)27-58-38(54)37-35(52)34(51)36(53)39(56-8)59-37/h13,26,30-37,39,50-53H,9-12,14-25,27H2,1-8H3/t30-,31-,32+,33-,34-,35-,36+,37-,39-,43-,44+,45+,46-/m0/s1. The molecule has 332 valence electrons. The van der Waals surface area contributed by atoms with Gasteiger partial charge in [0.15, 0.2) is 12.4 Å². The number of allylic oxidation sites excluding steroid dienone is 2. The molecule has 13 heteroatoms. The summed E-state index contributed by atoms with van der Waals surface area (Å²) in [5.74, 6) is 0.388. The van der Waals surface area contributed by atoms with Gasteiger partial charge in [0.25, 0.3) is 0 Å². The van der Waals surface area contributed by atoms with Gasteiger partial charge in [-0.3, -0.25) is 9.48 Å². The van der Waals surface area contributed by atoms with Crippen LogP contribution in [0.2, 0.25) is 0 Å². The van der Waals surface area contributed by atoms with E-state index in [-0.39, 0.29) is 51.7 Å². The molecule has 0 amide bonds. The number of aliphatic hydroxyl groups is 4. The van der Waals surface area contributed by atoms with E-state index in [4.69, 9.17) is 18.9 Å². The summed E-state index contributed by atoms with van der Waals surface area (Å²) in [6.07, 6.45) is 10.2. The molecule has 13 nitrogen and oxygen atoms in total. The second-order valence-electron chi connectivity index (χ2n) is 21.5. The van der Waals surface area contributed by atoms with Crippen molar-refractivity contribution in [2.24, 2.45) is 50.2 Å². The Morgan fingerprint density at radius 1 is 0.847 bits per heavy atom. The lowest BCUT2D eigenvalue weighted by Crippen LogP contribution is -2.65. The molecule has 4 N–H and O–H groups in total. The van der Waals surface area contributed by atoms with Gasteiger partial charge >= 0.3 is 11.9 Å². The topological polar surface area (TPSA) is 183 Å². The van der Waals surface area contributed by atoms with E-state index in [9.17, 15) is 30.0 Å². The third-order valence-electron chi connectivity index (χ3n) is 17.5. The van der Waals surface area contributed by atoms with Crippen LogP contribution in [0.5, 0.6) is 0 Å². The molecule has 0 unspecified atom stereocenters. The van der Waals surface area contributed by atoms with Crippen molar-refractivity contribution < 1.29 is 49.0 Å². The van der Waals surface area contributed by atoms with E-state index in [1.54, 1.807) is 16.5 Å². The number of ether oxygens (including phenoxy) is 4. The molecule has 5 fully saturated rings. The lowest BCUT2D eigenvalue weighted by molar-refractivity contribution is -0.288. The first-order valence-corrected chi connectivity index (χ1v) is 22.6. The molecule has 7 rings (SSSR count). The molecule has 6 aliphatic rings. The third-order valence-corrected chi connectivity index (χ3v) is 17.5. The maximum atomic E-state index is 14.4. The predicted molar refractivity (Wildman–Crippen MR) is 218 cm³/mol. The molecule has 1 aromatic heterocycles. The Bertz CT molecular complexity index is 1730. The fourth-order valence-corrected chi connectivity index (χ4v) is 13.6. The number of methoxy groups -OCH3 is 1. The number of esters is 2. The average Bonchev–Trinajstić information content (AvgIpc) is 3.65. The zero-order valence-corrected chi connectivity index (χ0v) is 37.0. The number of carbonyl (C=O) groups is 2. The summed E-state index contributed by atoms with van der Waals surface area (Å²) >= 11 is 0. The Morgan fingerprint density at radius 2 is 1.58 bits per heavy atom. The molecule has 0 spiro atoms. The fourth-order valence-electron chi connectivity index (χ4n) is 13.6. The smallest absolute Gasteiger partial charge is 0.338 e. The van der Waals surface area contributed by atoms with E-state index < -0.39 is 42.1 Å². The third kappa shape index (κ3) is 7.63. The van der Waals surface area contributed by atoms with Gasteiger partial charge in [0.2, 0.25) is 0 Å². The lowest BCUT2D eigenvalue weighted by atomic mass is 9.33. The number of hydrogen-bond donors (Lipinski definition) is 4. The number of rotatable bonds is 12. The number of carbonyl (C=O) groups excluding carboxylic acids is 2. The fraction of sp³-hybridized carbons (Fsp3) is 0.870. The average molecular weight is 828 g/mol. The van der Waals surface area contributed by atoms with Crippen molar-refractivity contribution in [1.29, 1.82) is 0 Å². The zero-order valence-electron chi connectivity index (χ0n) is 37.0. The van der Waals surface area contributed by atoms with Crippen LogP contribution in [0.25, 0.3) is 0 Å². The van der Waals surface area contributed by atoms with Crippen molar-refractivity contribution >= 4 is 11.9 Å². The second-order valence-corrected chi connectivity index (χ2v) is 21.5. The minimum Gasteiger partial charge on any atom is -0.465 e. The molecule has 2 heterocycles. The van der Waals surface area contributed by atoms with Crippen molar-refractivity contribution in [2.45, 2.75) is 188 Å². The second kappa shape index (κ2) is 16.4. The number of nitrogens with zero attached hydrogens (tertiary/aromatic N) is 3. The predicted octanol–water partition coefficient (Wildman–Crippen LogP) is 6.04. The molecule has 0 radical (unpaired) electrons. The van der Waals surface area contributed by atoms with Crippen LogP contribution < -0.4 is 0 Å². The highest BCUT2D eigenvalue weighted by Gasteiger charge is 2.69. The first-order valence-electron chi connectivity index (χ1n) is 22.6. The van der Waals surface area contributed by atoms with Gasteiger partial charge in [0, 0.05) is 13.7 Å². The van der Waals surface area contributed by atoms with Crippen LogP contribution in [-0.4, -0.2) is 97.9 Å². The monoisotopic (exact) mass is 828 g/mol. The Morgan fingerprint density at radius 3 is 2.32 bits per heavy atom. The number of aromatic nitrogens is 3. The van der Waals surface area contributed by atoms with E-state index in [2.05, 4.69) is 64.9 Å². The van der Waals surface area contributed by atoms with Crippen molar-refractivity contribution in [3.05, 3.63) is 23.5 Å². The van der Waals surface area contributed by atoms with Gasteiger partial charge in [-0.25, -0.2) is 4.79 Å². The van der Waals surface area contributed by atoms with Gasteiger partial charge in [0.05, 0.1) is 24.3 Å². The van der Waals surface area contributed by atoms with Gasteiger partial charge in [-0.05, 0) is 128 Å². The number of hydrogen-bond acceptors (Lipinski definition) is 12. The highest BCUT2D eigenvalue weighted by atomic mass is 16.7. The maximum absolute atomic E-state index is 14.4. The number of aryl methyl sites for hydroxylation is 1. The van der Waals surface area contributed by atoms with Crippen molar-refractivity contribution in [3.8, 4) is 0 Å². The van der Waals surface area contributed by atoms with Crippen LogP contribution in [-0.2, 0) is 41.7 Å². The quantitative estimate of drug-likeness (QED) is 0.109. The normalized spacial score (nSPS) is 42.3. The minimum atomic E-state index is -1.68. The Hall–Kier alpha value is -2.42. The molecule has 1 saturated heterocycles. The summed E-state index contributed by atoms with van der Waals surface area (Å²) in [7, 11) is 1.25. The molecule has 59 heavy (non-hydrogen) atoms. The minimum absolute atomic E-state index is 0.0135. The van der Waals surface area contributed by atoms with Crippen LogP contribution >= 0.6 is 0 Å². The maximum Gasteiger partial charge on any atom is 0.338 e. The Labute approximate surface area is 351 Å². The van der Waals surface area contributed by atoms with Gasteiger partial charge in [-0.1, -0.05) is 71.7 Å². The summed E-state index contributed by atoms with van der Waals surface area (Å²) in [6, 6.07) is 0. The highest BCUT2D eigenvalue weighted by molar-refractivity contribution is 5.79. The first kappa shape index (κ1) is 44.6. The van der Waals surface area contributed by atoms with Gasteiger partial charge < -0.3 is 39.4 Å². The molecule has 0 aromatic carbocycles. The first-order chi connectivity index (χ1) is 27.7. The van der Waals surface area contributed by atoms with E-state index in [0.29, 0.717) is 30.7 Å². The van der Waals surface area contributed by atoms with E-state index >= 15 is 0 Å². The van der Waals surface area contributed by atoms with Crippen molar-refractivity contribution in [3.63, 3.8) is 0 Å². The molecule has 5 aliphatic carbocycles. The van der Waals surface area contributed by atoms with Crippen LogP contribution in [0.3, 0.4) is 0 Å². The summed E-state index contributed by atoms with van der Waals surface area (Å²) in [5, 5.41) is 49.5. The SMILES string of the molecule is CO[C@H]1O[C@H](C(=O)OCc2cn(CCCCCCOC(=O)[C@]34CCC(C)(C)C[C@H]3C3=CC[C@@H]5[C@@]6(C)CC[C@H](O)C(C)(C)[C@@H]6CC[C@@]5(C)[C@]3(C)CC4)nn2)[C@@H](O)[C@H](O)[C@H]1O. The molecule has 4 saturated carbocycles. The molecule has 1 aromatic rings. The zero-order chi connectivity index (χ0) is 42.8. The summed E-state index contributed by atoms with van der Waals surface area (Å²) in [5.41, 5.74) is 2.00. The van der Waals surface area contributed by atoms with Crippen LogP contribution in [0.15, 0.2) is 17.8 Å². The van der Waals surface area contributed by atoms with E-state index in [1.165, 1.54) is 13.5 Å². The summed E-state index contributed by atoms with van der Waals surface area (Å²) in [4.78, 5) is 27.0. The summed E-state index contributed by atoms with van der Waals surface area (Å²) in [6.45, 7) is 17.9. The molecule has 13 atom stereocenters. The molecular formula is C46H73N3O10. The molecule has 0 bridgehead atoms. The molecule has 1 aliphatic heterocycles. The number of fused-ring (bicyclic) bond motifs is 7. The van der Waals surface area contributed by atoms with Crippen LogP contribution in [0.1, 0.15) is 144 Å².